The van der Waals surface area contributed by atoms with Gasteiger partial charge in [0.2, 0.25) is 0 Å². The van der Waals surface area contributed by atoms with Gasteiger partial charge >= 0.3 is 0 Å². The molecular formula is C15H27NO. The van der Waals surface area contributed by atoms with Gasteiger partial charge in [0, 0.05) is 7.11 Å². The average molecular weight is 237 g/mol. The molecule has 2 aliphatic rings. The molecule has 1 fully saturated rings. The molecule has 0 aromatic carbocycles. The van der Waals surface area contributed by atoms with E-state index in [0.29, 0.717) is 12.1 Å². The Labute approximate surface area is 106 Å². The Balaban J connectivity index is 2.02. The predicted octanol–water partition coefficient (Wildman–Crippen LogP) is 3.28. The number of methoxy groups -OCH3 is 1. The second kappa shape index (κ2) is 6.55. The maximum Gasteiger partial charge on any atom is 0.0790 e. The number of allylic oxidation sites excluding steroid dienone is 1. The summed E-state index contributed by atoms with van der Waals surface area (Å²) in [6.07, 6.45) is 12.0. The van der Waals surface area contributed by atoms with Crippen LogP contribution in [0.25, 0.3) is 0 Å². The fraction of sp³-hybridized carbons (Fsp3) is 0.867. The van der Waals surface area contributed by atoms with Crippen LogP contribution in [0.1, 0.15) is 51.9 Å². The summed E-state index contributed by atoms with van der Waals surface area (Å²) in [6, 6.07) is 0.479. The van der Waals surface area contributed by atoms with E-state index in [1.54, 1.807) is 5.57 Å². The summed E-state index contributed by atoms with van der Waals surface area (Å²) in [7, 11) is 1.88. The highest BCUT2D eigenvalue weighted by Crippen LogP contribution is 2.38. The van der Waals surface area contributed by atoms with Crippen molar-refractivity contribution in [1.82, 2.24) is 5.32 Å². The highest BCUT2D eigenvalue weighted by atomic mass is 16.5. The SMILES string of the molecule is CCCNC(C1=CCCCC1)C(OC)C1CC1. The minimum Gasteiger partial charge on any atom is -0.379 e. The molecule has 0 amide bonds. The van der Waals surface area contributed by atoms with Crippen LogP contribution in [0.3, 0.4) is 0 Å². The van der Waals surface area contributed by atoms with E-state index in [9.17, 15) is 0 Å². The van der Waals surface area contributed by atoms with E-state index < -0.39 is 0 Å². The van der Waals surface area contributed by atoms with Gasteiger partial charge in [0.1, 0.15) is 0 Å². The van der Waals surface area contributed by atoms with Gasteiger partial charge < -0.3 is 10.1 Å². The fourth-order valence-corrected chi connectivity index (χ4v) is 2.93. The zero-order valence-corrected chi connectivity index (χ0v) is 11.4. The average Bonchev–Trinajstić information content (AvgIpc) is 3.20. The van der Waals surface area contributed by atoms with E-state index in [1.807, 2.05) is 7.11 Å². The van der Waals surface area contributed by atoms with E-state index in [1.165, 1.54) is 44.9 Å². The van der Waals surface area contributed by atoms with Crippen LogP contribution in [0.4, 0.5) is 0 Å². The topological polar surface area (TPSA) is 21.3 Å². The number of ether oxygens (including phenoxy) is 1. The van der Waals surface area contributed by atoms with Crippen molar-refractivity contribution in [2.75, 3.05) is 13.7 Å². The molecule has 17 heavy (non-hydrogen) atoms. The van der Waals surface area contributed by atoms with E-state index in [0.717, 1.165) is 12.5 Å². The molecule has 0 radical (unpaired) electrons. The maximum atomic E-state index is 5.78. The van der Waals surface area contributed by atoms with Crippen molar-refractivity contribution in [1.29, 1.82) is 0 Å². The molecule has 2 heteroatoms. The molecule has 2 rings (SSSR count). The summed E-state index contributed by atoms with van der Waals surface area (Å²) < 4.78 is 5.78. The molecule has 0 aromatic heterocycles. The number of hydrogen-bond acceptors (Lipinski definition) is 2. The van der Waals surface area contributed by atoms with Crippen molar-refractivity contribution in [2.45, 2.75) is 64.0 Å². The molecule has 1 N–H and O–H groups in total. The van der Waals surface area contributed by atoms with E-state index in [4.69, 9.17) is 4.74 Å². The second-order valence-corrected chi connectivity index (χ2v) is 5.49. The quantitative estimate of drug-likeness (QED) is 0.686. The molecule has 2 unspecified atom stereocenters. The summed E-state index contributed by atoms with van der Waals surface area (Å²) >= 11 is 0. The molecule has 2 nitrogen and oxygen atoms in total. The first kappa shape index (κ1) is 13.1. The minimum absolute atomic E-state index is 0.408. The highest BCUT2D eigenvalue weighted by molar-refractivity contribution is 5.17. The lowest BCUT2D eigenvalue weighted by Crippen LogP contribution is -2.44. The van der Waals surface area contributed by atoms with Crippen molar-refractivity contribution in [2.24, 2.45) is 5.92 Å². The summed E-state index contributed by atoms with van der Waals surface area (Å²) in [5.41, 5.74) is 1.61. The van der Waals surface area contributed by atoms with Gasteiger partial charge in [0.25, 0.3) is 0 Å². The van der Waals surface area contributed by atoms with Gasteiger partial charge in [-0.1, -0.05) is 18.6 Å². The summed E-state index contributed by atoms with van der Waals surface area (Å²) in [5.74, 6) is 0.803. The van der Waals surface area contributed by atoms with Gasteiger partial charge in [-0.2, -0.15) is 0 Å². The predicted molar refractivity (Wildman–Crippen MR) is 72.2 cm³/mol. The van der Waals surface area contributed by atoms with Crippen LogP contribution in [0.5, 0.6) is 0 Å². The van der Waals surface area contributed by atoms with Crippen molar-refractivity contribution >= 4 is 0 Å². The van der Waals surface area contributed by atoms with E-state index in [-0.39, 0.29) is 0 Å². The standard InChI is InChI=1S/C15H27NO/c1-3-11-16-14(12-7-5-4-6-8-12)15(17-2)13-9-10-13/h7,13-16H,3-6,8-11H2,1-2H3. The van der Waals surface area contributed by atoms with Crippen LogP contribution >= 0.6 is 0 Å². The Hall–Kier alpha value is -0.340. The highest BCUT2D eigenvalue weighted by Gasteiger charge is 2.38. The van der Waals surface area contributed by atoms with Crippen LogP contribution in [0, 0.1) is 5.92 Å². The monoisotopic (exact) mass is 237 g/mol. The first-order chi connectivity index (χ1) is 8.36. The van der Waals surface area contributed by atoms with Crippen LogP contribution in [0.15, 0.2) is 11.6 Å². The molecular weight excluding hydrogens is 210 g/mol. The molecule has 0 bridgehead atoms. The molecule has 2 atom stereocenters. The maximum absolute atomic E-state index is 5.78. The molecule has 0 aliphatic heterocycles. The third-order valence-electron chi connectivity index (χ3n) is 4.03. The summed E-state index contributed by atoms with van der Waals surface area (Å²) in [4.78, 5) is 0. The van der Waals surface area contributed by atoms with Crippen LogP contribution in [-0.4, -0.2) is 25.8 Å². The van der Waals surface area contributed by atoms with Crippen LogP contribution < -0.4 is 5.32 Å². The summed E-state index contributed by atoms with van der Waals surface area (Å²) in [5, 5.41) is 3.72. The van der Waals surface area contributed by atoms with Gasteiger partial charge in [-0.05, 0) is 57.4 Å². The molecule has 0 saturated heterocycles. The second-order valence-electron chi connectivity index (χ2n) is 5.49. The lowest BCUT2D eigenvalue weighted by molar-refractivity contribution is 0.0600. The lowest BCUT2D eigenvalue weighted by atomic mass is 9.89. The zero-order chi connectivity index (χ0) is 12.1. The van der Waals surface area contributed by atoms with Crippen molar-refractivity contribution in [3.63, 3.8) is 0 Å². The normalized spacial score (nSPS) is 24.2. The number of hydrogen-bond donors (Lipinski definition) is 1. The molecule has 1 saturated carbocycles. The van der Waals surface area contributed by atoms with Crippen LogP contribution in [0.2, 0.25) is 0 Å². The van der Waals surface area contributed by atoms with Gasteiger partial charge in [-0.3, -0.25) is 0 Å². The Morgan fingerprint density at radius 1 is 1.41 bits per heavy atom. The van der Waals surface area contributed by atoms with Crippen molar-refractivity contribution in [3.05, 3.63) is 11.6 Å². The van der Waals surface area contributed by atoms with Gasteiger partial charge in [0.15, 0.2) is 0 Å². The van der Waals surface area contributed by atoms with Crippen molar-refractivity contribution < 1.29 is 4.74 Å². The zero-order valence-electron chi connectivity index (χ0n) is 11.4. The first-order valence-corrected chi connectivity index (χ1v) is 7.32. The van der Waals surface area contributed by atoms with Gasteiger partial charge in [-0.25, -0.2) is 0 Å². The Bertz CT molecular complexity index is 258. The van der Waals surface area contributed by atoms with E-state index >= 15 is 0 Å². The first-order valence-electron chi connectivity index (χ1n) is 7.32. The third kappa shape index (κ3) is 3.56. The summed E-state index contributed by atoms with van der Waals surface area (Å²) in [6.45, 7) is 3.34. The largest absolute Gasteiger partial charge is 0.379 e. The van der Waals surface area contributed by atoms with E-state index in [2.05, 4.69) is 18.3 Å². The third-order valence-corrected chi connectivity index (χ3v) is 4.03. The molecule has 0 spiro atoms. The van der Waals surface area contributed by atoms with Crippen LogP contribution in [-0.2, 0) is 4.74 Å². The number of rotatable bonds is 7. The Kier molecular flexibility index (Phi) is 5.05. The Morgan fingerprint density at radius 2 is 2.24 bits per heavy atom. The lowest BCUT2D eigenvalue weighted by Gasteiger charge is -2.31. The minimum atomic E-state index is 0.408. The smallest absolute Gasteiger partial charge is 0.0790 e. The van der Waals surface area contributed by atoms with Gasteiger partial charge in [0.05, 0.1) is 12.1 Å². The fourth-order valence-electron chi connectivity index (χ4n) is 2.93. The Morgan fingerprint density at radius 3 is 2.76 bits per heavy atom. The van der Waals surface area contributed by atoms with Gasteiger partial charge in [-0.15, -0.1) is 0 Å². The molecule has 0 heterocycles. The molecule has 98 valence electrons. The molecule has 2 aliphatic carbocycles. The van der Waals surface area contributed by atoms with Crippen molar-refractivity contribution in [3.8, 4) is 0 Å². The molecule has 0 aromatic rings. The number of nitrogens with one attached hydrogen (secondary N) is 1.